The van der Waals surface area contributed by atoms with E-state index >= 15 is 0 Å². The molecule has 0 spiro atoms. The zero-order valence-electron chi connectivity index (χ0n) is 11.2. The molecule has 0 aliphatic heterocycles. The number of benzene rings is 1. The standard InChI is InChI=1S/C13H19FIO2P/c1-9(2)7-18(8-15)13-11(16-3)6-5-10(14)12(13)17-4/h5-6,9H,7-8H2,1-4H3. The molecule has 0 aliphatic rings. The van der Waals surface area contributed by atoms with Gasteiger partial charge in [-0.2, -0.15) is 0 Å². The van der Waals surface area contributed by atoms with Crippen LogP contribution in [0.15, 0.2) is 12.1 Å². The van der Waals surface area contributed by atoms with E-state index in [1.807, 2.05) is 0 Å². The number of alkyl halides is 1. The summed E-state index contributed by atoms with van der Waals surface area (Å²) in [5.74, 6) is 1.34. The van der Waals surface area contributed by atoms with Crippen LogP contribution in [-0.2, 0) is 0 Å². The van der Waals surface area contributed by atoms with Crippen molar-refractivity contribution in [2.45, 2.75) is 13.8 Å². The lowest BCUT2D eigenvalue weighted by molar-refractivity contribution is 0.380. The van der Waals surface area contributed by atoms with Crippen molar-refractivity contribution in [2.24, 2.45) is 5.92 Å². The molecular weight excluding hydrogens is 365 g/mol. The Morgan fingerprint density at radius 2 is 1.94 bits per heavy atom. The first kappa shape index (κ1) is 16.0. The van der Waals surface area contributed by atoms with E-state index in [1.165, 1.54) is 13.2 Å². The first-order valence-electron chi connectivity index (χ1n) is 5.76. The number of ether oxygens (including phenoxy) is 2. The van der Waals surface area contributed by atoms with Crippen LogP contribution in [-0.4, -0.2) is 24.6 Å². The second-order valence-electron chi connectivity index (χ2n) is 4.37. The maximum atomic E-state index is 13.8. The Kier molecular flexibility index (Phi) is 6.64. The fourth-order valence-electron chi connectivity index (χ4n) is 1.83. The average Bonchev–Trinajstić information content (AvgIpc) is 2.35. The van der Waals surface area contributed by atoms with Crippen LogP contribution in [0.25, 0.3) is 0 Å². The molecule has 5 heteroatoms. The van der Waals surface area contributed by atoms with Gasteiger partial charge in [0.25, 0.3) is 0 Å². The molecule has 0 heterocycles. The van der Waals surface area contributed by atoms with Crippen LogP contribution in [0.3, 0.4) is 0 Å². The van der Waals surface area contributed by atoms with Gasteiger partial charge >= 0.3 is 0 Å². The summed E-state index contributed by atoms with van der Waals surface area (Å²) in [6.45, 7) is 4.36. The number of halogens is 2. The minimum Gasteiger partial charge on any atom is -0.496 e. The van der Waals surface area contributed by atoms with Gasteiger partial charge in [0.05, 0.1) is 19.5 Å². The molecule has 0 saturated heterocycles. The average molecular weight is 384 g/mol. The second-order valence-corrected chi connectivity index (χ2v) is 8.55. The van der Waals surface area contributed by atoms with Crippen molar-refractivity contribution in [3.63, 3.8) is 0 Å². The third-order valence-electron chi connectivity index (χ3n) is 2.52. The molecule has 2 nitrogen and oxygen atoms in total. The monoisotopic (exact) mass is 384 g/mol. The second kappa shape index (κ2) is 7.49. The Morgan fingerprint density at radius 3 is 2.39 bits per heavy atom. The maximum absolute atomic E-state index is 13.8. The molecule has 0 radical (unpaired) electrons. The van der Waals surface area contributed by atoms with Crippen LogP contribution in [0.1, 0.15) is 13.8 Å². The molecule has 0 amide bonds. The smallest absolute Gasteiger partial charge is 0.165 e. The molecular formula is C13H19FIO2P. The fourth-order valence-corrected chi connectivity index (χ4v) is 5.93. The number of methoxy groups -OCH3 is 2. The summed E-state index contributed by atoms with van der Waals surface area (Å²) in [5.41, 5.74) is 0. The zero-order valence-corrected chi connectivity index (χ0v) is 14.2. The van der Waals surface area contributed by atoms with Gasteiger partial charge < -0.3 is 9.47 Å². The topological polar surface area (TPSA) is 18.5 Å². The van der Waals surface area contributed by atoms with Gasteiger partial charge in [-0.3, -0.25) is 0 Å². The summed E-state index contributed by atoms with van der Waals surface area (Å²) in [6.07, 6.45) is 1.05. The van der Waals surface area contributed by atoms with E-state index in [0.717, 1.165) is 21.4 Å². The summed E-state index contributed by atoms with van der Waals surface area (Å²) in [7, 11) is 2.66. The van der Waals surface area contributed by atoms with Crippen molar-refractivity contribution < 1.29 is 13.9 Å². The highest BCUT2D eigenvalue weighted by atomic mass is 127. The van der Waals surface area contributed by atoms with Crippen molar-refractivity contribution in [3.05, 3.63) is 17.9 Å². The highest BCUT2D eigenvalue weighted by Crippen LogP contribution is 2.45. The molecule has 1 unspecified atom stereocenters. The molecule has 0 N–H and O–H groups in total. The highest BCUT2D eigenvalue weighted by molar-refractivity contribution is 14.1. The van der Waals surface area contributed by atoms with E-state index in [1.54, 1.807) is 13.2 Å². The fraction of sp³-hybridized carbons (Fsp3) is 0.538. The molecule has 1 aromatic carbocycles. The lowest BCUT2D eigenvalue weighted by Crippen LogP contribution is -2.15. The van der Waals surface area contributed by atoms with Gasteiger partial charge in [-0.15, -0.1) is 0 Å². The van der Waals surface area contributed by atoms with E-state index in [9.17, 15) is 4.39 Å². The van der Waals surface area contributed by atoms with E-state index in [4.69, 9.17) is 9.47 Å². The van der Waals surface area contributed by atoms with Crippen LogP contribution in [0.4, 0.5) is 4.39 Å². The van der Waals surface area contributed by atoms with Crippen LogP contribution < -0.4 is 14.8 Å². The quantitative estimate of drug-likeness (QED) is 0.420. The van der Waals surface area contributed by atoms with Gasteiger partial charge in [0.15, 0.2) is 11.6 Å². The van der Waals surface area contributed by atoms with Crippen molar-refractivity contribution in [1.82, 2.24) is 0 Å². The van der Waals surface area contributed by atoms with Crippen molar-refractivity contribution >= 4 is 35.8 Å². The summed E-state index contributed by atoms with van der Waals surface area (Å²) in [4.78, 5) is 0. The van der Waals surface area contributed by atoms with E-state index in [0.29, 0.717) is 11.7 Å². The third-order valence-corrected chi connectivity index (χ3v) is 7.50. The van der Waals surface area contributed by atoms with Crippen LogP contribution >= 0.6 is 30.5 Å². The molecule has 18 heavy (non-hydrogen) atoms. The molecule has 1 rings (SSSR count). The summed E-state index contributed by atoms with van der Waals surface area (Å²) < 4.78 is 25.4. The first-order chi connectivity index (χ1) is 8.54. The van der Waals surface area contributed by atoms with Crippen LogP contribution in [0.5, 0.6) is 11.5 Å². The van der Waals surface area contributed by atoms with Gasteiger partial charge in [-0.05, 0) is 24.2 Å². The van der Waals surface area contributed by atoms with Crippen LogP contribution in [0, 0.1) is 11.7 Å². The van der Waals surface area contributed by atoms with Gasteiger partial charge in [0.1, 0.15) is 5.75 Å². The SMILES string of the molecule is COc1ccc(F)c(OC)c1P(CI)CC(C)C. The highest BCUT2D eigenvalue weighted by Gasteiger charge is 2.23. The molecule has 102 valence electrons. The Hall–Kier alpha value is -0.0900. The summed E-state index contributed by atoms with van der Waals surface area (Å²) >= 11 is 2.36. The molecule has 1 aromatic rings. The lowest BCUT2D eigenvalue weighted by atomic mass is 10.3. The largest absolute Gasteiger partial charge is 0.496 e. The van der Waals surface area contributed by atoms with Gasteiger partial charge in [0.2, 0.25) is 0 Å². The minimum absolute atomic E-state index is 0.311. The molecule has 0 aliphatic carbocycles. The Balaban J connectivity index is 3.28. The van der Waals surface area contributed by atoms with Gasteiger partial charge in [-0.1, -0.05) is 44.4 Å². The minimum atomic E-state index is -0.466. The van der Waals surface area contributed by atoms with Crippen molar-refractivity contribution in [3.8, 4) is 11.5 Å². The van der Waals surface area contributed by atoms with E-state index in [2.05, 4.69) is 36.4 Å². The van der Waals surface area contributed by atoms with E-state index in [-0.39, 0.29) is 5.82 Å². The van der Waals surface area contributed by atoms with Gasteiger partial charge in [0, 0.05) is 4.17 Å². The normalized spacial score (nSPS) is 12.6. The lowest BCUT2D eigenvalue weighted by Gasteiger charge is -2.22. The van der Waals surface area contributed by atoms with Gasteiger partial charge in [-0.25, -0.2) is 4.39 Å². The maximum Gasteiger partial charge on any atom is 0.165 e. The molecule has 0 fully saturated rings. The summed E-state index contributed by atoms with van der Waals surface area (Å²) in [5, 5.41) is 0.915. The molecule has 1 atom stereocenters. The molecule has 0 saturated carbocycles. The Bertz CT molecular complexity index is 399. The predicted molar refractivity (Wildman–Crippen MR) is 84.7 cm³/mol. The zero-order chi connectivity index (χ0) is 13.7. The number of hydrogen-bond donors (Lipinski definition) is 0. The Morgan fingerprint density at radius 1 is 1.28 bits per heavy atom. The third kappa shape index (κ3) is 3.70. The molecule has 0 aromatic heterocycles. The van der Waals surface area contributed by atoms with Crippen molar-refractivity contribution in [1.29, 1.82) is 0 Å². The van der Waals surface area contributed by atoms with Crippen LogP contribution in [0.2, 0.25) is 0 Å². The predicted octanol–water partition coefficient (Wildman–Crippen LogP) is 4.00. The molecule has 0 bridgehead atoms. The Labute approximate surface area is 123 Å². The van der Waals surface area contributed by atoms with Crippen molar-refractivity contribution in [2.75, 3.05) is 24.6 Å². The number of hydrogen-bond acceptors (Lipinski definition) is 2. The first-order valence-corrected chi connectivity index (χ1v) is 9.00. The summed E-state index contributed by atoms with van der Waals surface area (Å²) in [6, 6.07) is 3.09. The van der Waals surface area contributed by atoms with E-state index < -0.39 is 7.92 Å². The number of rotatable bonds is 6.